The second-order valence-corrected chi connectivity index (χ2v) is 8.94. The Balaban J connectivity index is 1.74. The predicted octanol–water partition coefficient (Wildman–Crippen LogP) is 5.40. The lowest BCUT2D eigenvalue weighted by Gasteiger charge is -2.24. The van der Waals surface area contributed by atoms with Crippen LogP contribution in [0.1, 0.15) is 31.2 Å². The van der Waals surface area contributed by atoms with Crippen molar-refractivity contribution < 1.29 is 9.59 Å². The van der Waals surface area contributed by atoms with Crippen molar-refractivity contribution in [2.75, 3.05) is 18.0 Å². The SMILES string of the molecule is Cc1ccc(SC2=C(N3CCCCCC3)C(=O)N(c3cccc(Cl)c3)C2=O)cc1. The third kappa shape index (κ3) is 4.21. The molecule has 2 aliphatic rings. The molecular formula is C23H23ClN2O2S. The number of imide groups is 1. The van der Waals surface area contributed by atoms with Crippen LogP contribution >= 0.6 is 23.4 Å². The minimum atomic E-state index is -0.276. The standard InChI is InChI=1S/C23H23ClN2O2S/c1-16-9-11-19(12-10-16)29-21-20(25-13-4-2-3-5-14-25)22(27)26(23(21)28)18-8-6-7-17(24)15-18/h6-12,15H,2-5,13-14H2,1H3. The van der Waals surface area contributed by atoms with Gasteiger partial charge in [0.05, 0.1) is 5.69 Å². The number of amides is 2. The average molecular weight is 427 g/mol. The van der Waals surface area contributed by atoms with Gasteiger partial charge in [-0.25, -0.2) is 4.90 Å². The molecule has 6 heteroatoms. The van der Waals surface area contributed by atoms with Gasteiger partial charge in [-0.15, -0.1) is 0 Å². The fraction of sp³-hybridized carbons (Fsp3) is 0.304. The molecule has 1 saturated heterocycles. The topological polar surface area (TPSA) is 40.6 Å². The summed E-state index contributed by atoms with van der Waals surface area (Å²) >= 11 is 7.50. The monoisotopic (exact) mass is 426 g/mol. The molecule has 0 spiro atoms. The van der Waals surface area contributed by atoms with Crippen molar-refractivity contribution in [3.05, 3.63) is 69.7 Å². The quantitative estimate of drug-likeness (QED) is 0.613. The first-order valence-corrected chi connectivity index (χ1v) is 11.1. The molecule has 2 aliphatic heterocycles. The van der Waals surface area contributed by atoms with Gasteiger partial charge in [0, 0.05) is 23.0 Å². The maximum absolute atomic E-state index is 13.4. The second-order valence-electron chi connectivity index (χ2n) is 7.42. The molecule has 0 N–H and O–H groups in total. The Morgan fingerprint density at radius 1 is 0.897 bits per heavy atom. The van der Waals surface area contributed by atoms with Crippen molar-refractivity contribution >= 4 is 40.9 Å². The summed E-state index contributed by atoms with van der Waals surface area (Å²) in [7, 11) is 0. The number of aryl methyl sites for hydroxylation is 1. The van der Waals surface area contributed by atoms with Crippen molar-refractivity contribution in [2.45, 2.75) is 37.5 Å². The number of carbonyl (C=O) groups excluding carboxylic acids is 2. The van der Waals surface area contributed by atoms with Crippen LogP contribution in [0.2, 0.25) is 5.02 Å². The molecule has 1 fully saturated rings. The third-order valence-electron chi connectivity index (χ3n) is 5.25. The zero-order chi connectivity index (χ0) is 20.4. The van der Waals surface area contributed by atoms with Gasteiger partial charge in [-0.2, -0.15) is 0 Å². The number of carbonyl (C=O) groups is 2. The smallest absolute Gasteiger partial charge is 0.283 e. The number of benzene rings is 2. The van der Waals surface area contributed by atoms with Gasteiger partial charge >= 0.3 is 0 Å². The van der Waals surface area contributed by atoms with E-state index in [1.807, 2.05) is 31.2 Å². The van der Waals surface area contributed by atoms with Crippen LogP contribution in [0, 0.1) is 6.92 Å². The van der Waals surface area contributed by atoms with E-state index < -0.39 is 0 Å². The van der Waals surface area contributed by atoms with E-state index in [9.17, 15) is 9.59 Å². The lowest BCUT2D eigenvalue weighted by molar-refractivity contribution is -0.121. The Bertz CT molecular complexity index is 963. The number of rotatable bonds is 4. The summed E-state index contributed by atoms with van der Waals surface area (Å²) in [5.74, 6) is -0.532. The van der Waals surface area contributed by atoms with Crippen molar-refractivity contribution in [3.63, 3.8) is 0 Å². The van der Waals surface area contributed by atoms with E-state index in [-0.39, 0.29) is 11.8 Å². The maximum Gasteiger partial charge on any atom is 0.283 e. The molecule has 0 aliphatic carbocycles. The van der Waals surface area contributed by atoms with Crippen LogP contribution in [0.25, 0.3) is 0 Å². The molecule has 0 saturated carbocycles. The van der Waals surface area contributed by atoms with Crippen molar-refractivity contribution in [1.82, 2.24) is 4.90 Å². The predicted molar refractivity (Wildman–Crippen MR) is 118 cm³/mol. The van der Waals surface area contributed by atoms with E-state index >= 15 is 0 Å². The number of halogens is 1. The lowest BCUT2D eigenvalue weighted by atomic mass is 10.2. The first kappa shape index (κ1) is 20.0. The van der Waals surface area contributed by atoms with Crippen molar-refractivity contribution in [1.29, 1.82) is 0 Å². The van der Waals surface area contributed by atoms with Crippen LogP contribution in [0.3, 0.4) is 0 Å². The highest BCUT2D eigenvalue weighted by Crippen LogP contribution is 2.39. The van der Waals surface area contributed by atoms with Gasteiger partial charge in [0.2, 0.25) is 0 Å². The van der Waals surface area contributed by atoms with Crippen molar-refractivity contribution in [2.24, 2.45) is 0 Å². The molecule has 2 amide bonds. The Morgan fingerprint density at radius 3 is 2.24 bits per heavy atom. The third-order valence-corrected chi connectivity index (χ3v) is 6.56. The Labute approximate surface area is 180 Å². The molecule has 0 radical (unpaired) electrons. The summed E-state index contributed by atoms with van der Waals surface area (Å²) in [6.45, 7) is 3.63. The van der Waals surface area contributed by atoms with Gasteiger partial charge in [0.25, 0.3) is 11.8 Å². The number of anilines is 1. The highest BCUT2D eigenvalue weighted by molar-refractivity contribution is 8.04. The van der Waals surface area contributed by atoms with Crippen LogP contribution in [-0.4, -0.2) is 29.8 Å². The normalized spacial score (nSPS) is 17.9. The number of hydrogen-bond donors (Lipinski definition) is 0. The van der Waals surface area contributed by atoms with E-state index in [2.05, 4.69) is 4.90 Å². The zero-order valence-electron chi connectivity index (χ0n) is 16.4. The highest BCUT2D eigenvalue weighted by atomic mass is 35.5. The molecule has 0 atom stereocenters. The van der Waals surface area contributed by atoms with Crippen molar-refractivity contribution in [3.8, 4) is 0 Å². The first-order valence-electron chi connectivity index (χ1n) is 9.93. The summed E-state index contributed by atoms with van der Waals surface area (Å²) in [5, 5.41) is 0.499. The fourth-order valence-corrected chi connectivity index (χ4v) is 4.92. The summed E-state index contributed by atoms with van der Waals surface area (Å²) in [6, 6.07) is 14.9. The maximum atomic E-state index is 13.4. The largest absolute Gasteiger partial charge is 0.366 e. The van der Waals surface area contributed by atoms with Crippen LogP contribution < -0.4 is 4.90 Å². The summed E-state index contributed by atoms with van der Waals surface area (Å²) in [5.41, 5.74) is 2.20. The van der Waals surface area contributed by atoms with E-state index in [1.165, 1.54) is 16.7 Å². The van der Waals surface area contributed by atoms with Gasteiger partial charge in [0.15, 0.2) is 0 Å². The van der Waals surface area contributed by atoms with E-state index in [4.69, 9.17) is 11.6 Å². The Hall–Kier alpha value is -2.24. The van der Waals surface area contributed by atoms with E-state index in [0.29, 0.717) is 21.3 Å². The second kappa shape index (κ2) is 8.64. The average Bonchev–Trinajstić information content (AvgIpc) is 2.87. The molecule has 0 unspecified atom stereocenters. The van der Waals surface area contributed by atoms with Crippen LogP contribution in [0.15, 0.2) is 64.0 Å². The Morgan fingerprint density at radius 2 is 1.59 bits per heavy atom. The van der Waals surface area contributed by atoms with Gasteiger partial charge < -0.3 is 4.90 Å². The van der Waals surface area contributed by atoms with Crippen LogP contribution in [0.4, 0.5) is 5.69 Å². The summed E-state index contributed by atoms with van der Waals surface area (Å²) in [6.07, 6.45) is 4.38. The molecule has 2 heterocycles. The minimum Gasteiger partial charge on any atom is -0.366 e. The number of likely N-dealkylation sites (tertiary alicyclic amines) is 1. The molecule has 2 aromatic rings. The number of thioether (sulfide) groups is 1. The molecule has 0 bridgehead atoms. The Kier molecular flexibility index (Phi) is 5.97. The van der Waals surface area contributed by atoms with Crippen LogP contribution in [-0.2, 0) is 9.59 Å². The lowest BCUT2D eigenvalue weighted by Crippen LogP contribution is -2.35. The highest BCUT2D eigenvalue weighted by Gasteiger charge is 2.42. The summed E-state index contributed by atoms with van der Waals surface area (Å²) in [4.78, 5) is 31.7. The van der Waals surface area contributed by atoms with Gasteiger partial charge in [-0.3, -0.25) is 9.59 Å². The fourth-order valence-electron chi connectivity index (χ4n) is 3.74. The summed E-state index contributed by atoms with van der Waals surface area (Å²) < 4.78 is 0. The molecule has 29 heavy (non-hydrogen) atoms. The van der Waals surface area contributed by atoms with E-state index in [0.717, 1.165) is 49.2 Å². The molecule has 0 aromatic heterocycles. The van der Waals surface area contributed by atoms with Gasteiger partial charge in [-0.05, 0) is 50.1 Å². The molecule has 2 aromatic carbocycles. The zero-order valence-corrected chi connectivity index (χ0v) is 17.9. The van der Waals surface area contributed by atoms with Crippen LogP contribution in [0.5, 0.6) is 0 Å². The van der Waals surface area contributed by atoms with E-state index in [1.54, 1.807) is 24.3 Å². The molecule has 4 nitrogen and oxygen atoms in total. The number of nitrogens with zero attached hydrogens (tertiary/aromatic N) is 2. The molecule has 150 valence electrons. The first-order chi connectivity index (χ1) is 14.0. The van der Waals surface area contributed by atoms with Gasteiger partial charge in [0.1, 0.15) is 10.6 Å². The minimum absolute atomic E-state index is 0.256. The molecular weight excluding hydrogens is 404 g/mol. The number of hydrogen-bond acceptors (Lipinski definition) is 4. The molecule has 4 rings (SSSR count). The van der Waals surface area contributed by atoms with Gasteiger partial charge in [-0.1, -0.05) is 60.0 Å².